The molecule has 66 valence electrons. The molecule has 0 atom stereocenters. The summed E-state index contributed by atoms with van der Waals surface area (Å²) >= 11 is 3.57. The van der Waals surface area contributed by atoms with Crippen LogP contribution in [0.2, 0.25) is 0 Å². The van der Waals surface area contributed by atoms with Gasteiger partial charge in [-0.2, -0.15) is 4.37 Å². The van der Waals surface area contributed by atoms with E-state index in [9.17, 15) is 0 Å². The summed E-state index contributed by atoms with van der Waals surface area (Å²) < 4.78 is 5.18. The van der Waals surface area contributed by atoms with Crippen LogP contribution in [0.1, 0.15) is 5.56 Å². The second-order valence-corrected chi connectivity index (χ2v) is 5.07. The van der Waals surface area contributed by atoms with Crippen LogP contribution in [0.4, 0.5) is 0 Å². The molecule has 0 aromatic carbocycles. The maximum Gasteiger partial charge on any atom is 0.175 e. The first-order chi connectivity index (χ1) is 6.27. The van der Waals surface area contributed by atoms with Gasteiger partial charge in [-0.1, -0.05) is 0 Å². The zero-order valence-electron chi connectivity index (χ0n) is 6.86. The van der Waals surface area contributed by atoms with Crippen LogP contribution in [-0.2, 0) is 0 Å². The van der Waals surface area contributed by atoms with Crippen LogP contribution in [-0.4, -0.2) is 14.3 Å². The van der Waals surface area contributed by atoms with Crippen LogP contribution in [0.5, 0.6) is 0 Å². The van der Waals surface area contributed by atoms with E-state index in [-0.39, 0.29) is 0 Å². The molecule has 2 aromatic rings. The lowest BCUT2D eigenvalue weighted by Gasteiger charge is -1.97. The predicted molar refractivity (Wildman–Crippen MR) is 60.6 cm³/mol. The molecule has 5 heteroatoms. The van der Waals surface area contributed by atoms with Gasteiger partial charge in [0.05, 0.1) is 0 Å². The third-order valence-electron chi connectivity index (χ3n) is 1.68. The van der Waals surface area contributed by atoms with Crippen molar-refractivity contribution in [1.29, 1.82) is 0 Å². The first-order valence-corrected chi connectivity index (χ1v) is 5.53. The van der Waals surface area contributed by atoms with E-state index in [1.807, 2.05) is 13.0 Å². The van der Waals surface area contributed by atoms with E-state index in [0.29, 0.717) is 0 Å². The van der Waals surface area contributed by atoms with Gasteiger partial charge < -0.3 is 0 Å². The summed E-state index contributed by atoms with van der Waals surface area (Å²) in [6, 6.07) is 1.96. The fourth-order valence-electron chi connectivity index (χ4n) is 1.01. The average molecular weight is 303 g/mol. The standard InChI is InChI=1S/C8H6IN3S/c1-5-2-3-10-4-6(5)7-11-8(9)13-12-7/h2-4H,1H3. The molecular formula is C8H6IN3S. The van der Waals surface area contributed by atoms with Gasteiger partial charge in [0, 0.05) is 18.0 Å². The number of hydrogen-bond donors (Lipinski definition) is 0. The topological polar surface area (TPSA) is 38.7 Å². The van der Waals surface area contributed by atoms with Crippen molar-refractivity contribution in [2.24, 2.45) is 0 Å². The van der Waals surface area contributed by atoms with Crippen LogP contribution >= 0.6 is 34.1 Å². The average Bonchev–Trinajstić information content (AvgIpc) is 2.53. The van der Waals surface area contributed by atoms with E-state index in [1.165, 1.54) is 11.5 Å². The van der Waals surface area contributed by atoms with Gasteiger partial charge in [0.25, 0.3) is 0 Å². The van der Waals surface area contributed by atoms with Crippen LogP contribution in [0.25, 0.3) is 11.4 Å². The number of aryl methyl sites for hydroxylation is 1. The van der Waals surface area contributed by atoms with E-state index in [2.05, 4.69) is 36.9 Å². The highest BCUT2D eigenvalue weighted by Crippen LogP contribution is 2.21. The highest BCUT2D eigenvalue weighted by atomic mass is 127. The molecule has 0 fully saturated rings. The van der Waals surface area contributed by atoms with Crippen molar-refractivity contribution in [3.8, 4) is 11.4 Å². The fraction of sp³-hybridized carbons (Fsp3) is 0.125. The van der Waals surface area contributed by atoms with Crippen molar-refractivity contribution < 1.29 is 0 Å². The summed E-state index contributed by atoms with van der Waals surface area (Å²) in [5.74, 6) is 0.778. The molecule has 2 heterocycles. The smallest absolute Gasteiger partial charge is 0.175 e. The minimum Gasteiger partial charge on any atom is -0.264 e. The normalized spacial score (nSPS) is 10.3. The quantitative estimate of drug-likeness (QED) is 0.760. The van der Waals surface area contributed by atoms with E-state index in [0.717, 1.165) is 20.0 Å². The van der Waals surface area contributed by atoms with Crippen LogP contribution in [0.3, 0.4) is 0 Å². The Hall–Kier alpha value is -0.560. The lowest BCUT2D eigenvalue weighted by atomic mass is 10.1. The monoisotopic (exact) mass is 303 g/mol. The molecule has 0 N–H and O–H groups in total. The number of nitrogens with zero attached hydrogens (tertiary/aromatic N) is 3. The minimum absolute atomic E-state index is 0.778. The predicted octanol–water partition coefficient (Wildman–Crippen LogP) is 2.51. The third kappa shape index (κ3) is 1.86. The largest absolute Gasteiger partial charge is 0.264 e. The summed E-state index contributed by atoms with van der Waals surface area (Å²) in [4.78, 5) is 8.35. The molecule has 0 unspecified atom stereocenters. The molecule has 0 amide bonds. The third-order valence-corrected chi connectivity index (χ3v) is 3.02. The highest BCUT2D eigenvalue weighted by molar-refractivity contribution is 14.1. The number of rotatable bonds is 1. The fourth-order valence-corrected chi connectivity index (χ4v) is 1.96. The Balaban J connectivity index is 2.52. The summed E-state index contributed by atoms with van der Waals surface area (Å²) in [7, 11) is 0. The van der Waals surface area contributed by atoms with Gasteiger partial charge in [-0.15, -0.1) is 0 Å². The molecule has 3 nitrogen and oxygen atoms in total. The molecule has 0 saturated heterocycles. The Morgan fingerprint density at radius 2 is 2.31 bits per heavy atom. The van der Waals surface area contributed by atoms with Gasteiger partial charge in [-0.3, -0.25) is 4.98 Å². The van der Waals surface area contributed by atoms with Crippen molar-refractivity contribution in [3.63, 3.8) is 0 Å². The molecule has 0 aliphatic rings. The molecule has 13 heavy (non-hydrogen) atoms. The summed E-state index contributed by atoms with van der Waals surface area (Å²) in [6.07, 6.45) is 3.57. The van der Waals surface area contributed by atoms with Gasteiger partial charge in [0.1, 0.15) is 0 Å². The molecule has 0 aliphatic carbocycles. The number of halogens is 1. The number of aromatic nitrogens is 3. The van der Waals surface area contributed by atoms with Crippen molar-refractivity contribution >= 4 is 34.1 Å². The Morgan fingerprint density at radius 1 is 1.46 bits per heavy atom. The molecule has 0 aliphatic heterocycles. The van der Waals surface area contributed by atoms with Gasteiger partial charge in [0.15, 0.2) is 8.84 Å². The zero-order valence-corrected chi connectivity index (χ0v) is 9.83. The SMILES string of the molecule is Cc1ccncc1-c1nsc(I)n1. The molecule has 0 spiro atoms. The Labute approximate surface area is 93.6 Å². The van der Waals surface area contributed by atoms with Crippen LogP contribution in [0, 0.1) is 9.94 Å². The molecule has 0 saturated carbocycles. The summed E-state index contributed by atoms with van der Waals surface area (Å²) in [5, 5.41) is 0. The molecular weight excluding hydrogens is 297 g/mol. The number of hydrogen-bond acceptors (Lipinski definition) is 4. The Morgan fingerprint density at radius 3 is 2.92 bits per heavy atom. The Bertz CT molecular complexity index is 427. The molecule has 2 aromatic heterocycles. The van der Waals surface area contributed by atoms with Gasteiger partial charge in [0.2, 0.25) is 0 Å². The van der Waals surface area contributed by atoms with Crippen LogP contribution < -0.4 is 0 Å². The maximum absolute atomic E-state index is 4.30. The molecule has 2 rings (SSSR count). The van der Waals surface area contributed by atoms with E-state index in [4.69, 9.17) is 0 Å². The van der Waals surface area contributed by atoms with E-state index < -0.39 is 0 Å². The molecule has 0 bridgehead atoms. The first kappa shape index (κ1) is 9.01. The lowest BCUT2D eigenvalue weighted by Crippen LogP contribution is -1.86. The lowest BCUT2D eigenvalue weighted by molar-refractivity contribution is 1.23. The minimum atomic E-state index is 0.778. The highest BCUT2D eigenvalue weighted by Gasteiger charge is 2.06. The molecule has 0 radical (unpaired) electrons. The van der Waals surface area contributed by atoms with Gasteiger partial charge in [-0.05, 0) is 52.7 Å². The second-order valence-electron chi connectivity index (χ2n) is 2.56. The zero-order chi connectivity index (χ0) is 9.26. The maximum atomic E-state index is 4.30. The second kappa shape index (κ2) is 3.67. The van der Waals surface area contributed by atoms with Crippen molar-refractivity contribution in [2.45, 2.75) is 6.92 Å². The van der Waals surface area contributed by atoms with Gasteiger partial charge in [-0.25, -0.2) is 4.98 Å². The van der Waals surface area contributed by atoms with Crippen molar-refractivity contribution in [3.05, 3.63) is 27.0 Å². The Kier molecular flexibility index (Phi) is 2.54. The van der Waals surface area contributed by atoms with E-state index in [1.54, 1.807) is 12.4 Å². The van der Waals surface area contributed by atoms with Crippen LogP contribution in [0.15, 0.2) is 18.5 Å². The van der Waals surface area contributed by atoms with Crippen molar-refractivity contribution in [2.75, 3.05) is 0 Å². The van der Waals surface area contributed by atoms with Gasteiger partial charge >= 0.3 is 0 Å². The first-order valence-electron chi connectivity index (χ1n) is 3.67. The summed E-state index contributed by atoms with van der Waals surface area (Å²) in [5.41, 5.74) is 2.17. The number of pyridine rings is 1. The summed E-state index contributed by atoms with van der Waals surface area (Å²) in [6.45, 7) is 2.03. The van der Waals surface area contributed by atoms with Crippen molar-refractivity contribution in [1.82, 2.24) is 14.3 Å². The van der Waals surface area contributed by atoms with E-state index >= 15 is 0 Å².